The monoisotopic (exact) mass is 515 g/mol. The molecule has 0 bridgehead atoms. The Hall–Kier alpha value is -3.80. The largest absolute Gasteiger partial charge is 0.460 e. The Morgan fingerprint density at radius 2 is 1.41 bits per heavy atom. The van der Waals surface area contributed by atoms with E-state index in [0.717, 1.165) is 68.4 Å². The molecule has 4 nitrogen and oxygen atoms in total. The van der Waals surface area contributed by atoms with Crippen molar-refractivity contribution < 1.29 is 14.2 Å². The minimum absolute atomic E-state index is 0.412. The highest BCUT2D eigenvalue weighted by Gasteiger charge is 2.36. The molecule has 0 saturated carbocycles. The summed E-state index contributed by atoms with van der Waals surface area (Å²) in [6.45, 7) is 7.46. The zero-order valence-electron chi connectivity index (χ0n) is 23.1. The van der Waals surface area contributed by atoms with Crippen LogP contribution in [0.1, 0.15) is 45.4 Å². The smallest absolute Gasteiger partial charge is 0.309 e. The van der Waals surface area contributed by atoms with Crippen LogP contribution in [0.15, 0.2) is 101 Å². The van der Waals surface area contributed by atoms with E-state index in [-0.39, 0.29) is 0 Å². The predicted octanol–water partition coefficient (Wildman–Crippen LogP) is 8.26. The SMILES string of the molecule is CC(C)(O)C(C)(C)OBC1=CCCc2oc3cc(N(c4ccccc4)c4ccccc4)c4ccccc4c3c21. The molecule has 0 spiro atoms. The minimum Gasteiger partial charge on any atom is -0.460 e. The standard InChI is InChI=1S/C34H34BNO3/c1-33(2,37)34(3,4)39-35-27-20-13-21-29-32(27)31-26-19-12-11-18-25(26)28(22-30(31)38-29)36(23-14-7-5-8-15-23)24-16-9-6-10-17-24/h5-12,14-20,22,35,37H,13,21H2,1-4H3. The molecule has 0 amide bonds. The number of aliphatic hydroxyl groups is 1. The van der Waals surface area contributed by atoms with Crippen LogP contribution in [0.25, 0.3) is 27.2 Å². The molecule has 1 aliphatic rings. The minimum atomic E-state index is -0.969. The average Bonchev–Trinajstić information content (AvgIpc) is 3.32. The summed E-state index contributed by atoms with van der Waals surface area (Å²) in [5.41, 5.74) is 4.71. The first kappa shape index (κ1) is 25.5. The number of hydrogen-bond acceptors (Lipinski definition) is 4. The number of nitrogens with zero attached hydrogens (tertiary/aromatic N) is 1. The van der Waals surface area contributed by atoms with Gasteiger partial charge in [0.05, 0.1) is 16.9 Å². The lowest BCUT2D eigenvalue weighted by Gasteiger charge is -2.38. The maximum atomic E-state index is 10.6. The van der Waals surface area contributed by atoms with Crippen LogP contribution in [-0.2, 0) is 11.1 Å². The Morgan fingerprint density at radius 1 is 0.821 bits per heavy atom. The van der Waals surface area contributed by atoms with Crippen LogP contribution in [0.3, 0.4) is 0 Å². The van der Waals surface area contributed by atoms with E-state index in [1.807, 2.05) is 26.0 Å². The van der Waals surface area contributed by atoms with Crippen LogP contribution in [0.4, 0.5) is 17.1 Å². The summed E-state index contributed by atoms with van der Waals surface area (Å²) < 4.78 is 12.9. The Balaban J connectivity index is 1.54. The average molecular weight is 515 g/mol. The number of allylic oxidation sites excluding steroid dienone is 1. The van der Waals surface area contributed by atoms with Crippen molar-refractivity contribution in [2.45, 2.75) is 51.7 Å². The molecule has 0 aliphatic heterocycles. The van der Waals surface area contributed by atoms with Gasteiger partial charge in [0.1, 0.15) is 11.3 Å². The Bertz CT molecular complexity index is 1620. The van der Waals surface area contributed by atoms with Gasteiger partial charge in [0.25, 0.3) is 0 Å². The lowest BCUT2D eigenvalue weighted by molar-refractivity contribution is -0.0892. The quantitative estimate of drug-likeness (QED) is 0.222. The molecule has 0 unspecified atom stereocenters. The Kier molecular flexibility index (Phi) is 6.37. The third-order valence-corrected chi connectivity index (χ3v) is 8.16. The van der Waals surface area contributed by atoms with E-state index >= 15 is 0 Å². The van der Waals surface area contributed by atoms with Crippen molar-refractivity contribution in [1.82, 2.24) is 0 Å². The number of rotatable bonds is 7. The number of aryl methyl sites for hydroxylation is 1. The van der Waals surface area contributed by atoms with E-state index in [0.29, 0.717) is 7.48 Å². The van der Waals surface area contributed by atoms with E-state index < -0.39 is 11.2 Å². The fraction of sp³-hybridized carbons (Fsp3) is 0.235. The van der Waals surface area contributed by atoms with Gasteiger partial charge in [-0.05, 0) is 69.2 Å². The molecule has 0 atom stereocenters. The van der Waals surface area contributed by atoms with Gasteiger partial charge in [0, 0.05) is 40.2 Å². The van der Waals surface area contributed by atoms with Crippen molar-refractivity contribution >= 4 is 51.8 Å². The Morgan fingerprint density at radius 3 is 2.03 bits per heavy atom. The highest BCUT2D eigenvalue weighted by molar-refractivity contribution is 6.56. The maximum absolute atomic E-state index is 10.6. The van der Waals surface area contributed by atoms with Crippen LogP contribution in [0.5, 0.6) is 0 Å². The molecule has 0 saturated heterocycles. The fourth-order valence-corrected chi connectivity index (χ4v) is 5.32. The molecule has 5 heteroatoms. The van der Waals surface area contributed by atoms with Crippen molar-refractivity contribution in [3.05, 3.63) is 108 Å². The predicted molar refractivity (Wildman–Crippen MR) is 163 cm³/mol. The van der Waals surface area contributed by atoms with Gasteiger partial charge in [-0.25, -0.2) is 0 Å². The van der Waals surface area contributed by atoms with Gasteiger partial charge in [-0.15, -0.1) is 0 Å². The molecular formula is C34H34BNO3. The highest BCUT2D eigenvalue weighted by Crippen LogP contribution is 2.46. The van der Waals surface area contributed by atoms with Crippen LogP contribution in [-0.4, -0.2) is 23.8 Å². The summed E-state index contributed by atoms with van der Waals surface area (Å²) in [6, 6.07) is 31.7. The molecule has 39 heavy (non-hydrogen) atoms. The number of fused-ring (bicyclic) bond motifs is 5. The molecule has 0 fully saturated rings. The van der Waals surface area contributed by atoms with E-state index in [4.69, 9.17) is 9.07 Å². The lowest BCUT2D eigenvalue weighted by atomic mass is 9.74. The van der Waals surface area contributed by atoms with Gasteiger partial charge in [-0.3, -0.25) is 0 Å². The lowest BCUT2D eigenvalue weighted by Crippen LogP contribution is -2.48. The molecule has 1 aromatic heterocycles. The first-order chi connectivity index (χ1) is 18.7. The Labute approximate surface area is 230 Å². The number of para-hydroxylation sites is 2. The first-order valence-corrected chi connectivity index (χ1v) is 13.7. The summed E-state index contributed by atoms with van der Waals surface area (Å²) >= 11 is 0. The van der Waals surface area contributed by atoms with Crippen LogP contribution in [0.2, 0.25) is 0 Å². The number of anilines is 3. The van der Waals surface area contributed by atoms with Gasteiger partial charge < -0.3 is 19.1 Å². The van der Waals surface area contributed by atoms with Gasteiger partial charge in [0.2, 0.25) is 0 Å². The molecular weight excluding hydrogens is 481 g/mol. The van der Waals surface area contributed by atoms with E-state index in [1.165, 1.54) is 0 Å². The van der Waals surface area contributed by atoms with Crippen molar-refractivity contribution in [2.24, 2.45) is 0 Å². The number of furan rings is 1. The molecule has 0 radical (unpaired) electrons. The molecule has 5 aromatic rings. The number of benzene rings is 4. The second-order valence-electron chi connectivity index (χ2n) is 11.3. The highest BCUT2D eigenvalue weighted by atomic mass is 16.5. The van der Waals surface area contributed by atoms with E-state index in [1.54, 1.807) is 13.8 Å². The summed E-state index contributed by atoms with van der Waals surface area (Å²) in [5.74, 6) is 1.00. The first-order valence-electron chi connectivity index (χ1n) is 13.7. The second-order valence-corrected chi connectivity index (χ2v) is 11.3. The molecule has 196 valence electrons. The van der Waals surface area contributed by atoms with Crippen LogP contribution < -0.4 is 4.90 Å². The normalized spacial score (nSPS) is 13.8. The van der Waals surface area contributed by atoms with E-state index in [9.17, 15) is 5.11 Å². The zero-order valence-corrected chi connectivity index (χ0v) is 23.1. The van der Waals surface area contributed by atoms with Crippen molar-refractivity contribution in [2.75, 3.05) is 4.90 Å². The third-order valence-electron chi connectivity index (χ3n) is 8.16. The third kappa shape index (κ3) is 4.56. The molecule has 1 heterocycles. The van der Waals surface area contributed by atoms with Gasteiger partial charge in [-0.2, -0.15) is 0 Å². The fourth-order valence-electron chi connectivity index (χ4n) is 5.32. The molecule has 4 aromatic carbocycles. The van der Waals surface area contributed by atoms with Crippen LogP contribution >= 0.6 is 0 Å². The van der Waals surface area contributed by atoms with Crippen LogP contribution in [0, 0.1) is 0 Å². The summed E-state index contributed by atoms with van der Waals surface area (Å²) in [4.78, 5) is 2.30. The van der Waals surface area contributed by atoms with Gasteiger partial charge >= 0.3 is 7.48 Å². The second kappa shape index (κ2) is 9.75. The summed E-state index contributed by atoms with van der Waals surface area (Å²) in [6.07, 6.45) is 4.02. The maximum Gasteiger partial charge on any atom is 0.309 e. The summed E-state index contributed by atoms with van der Waals surface area (Å²) in [5, 5.41) is 14.1. The summed E-state index contributed by atoms with van der Waals surface area (Å²) in [7, 11) is 0.412. The number of hydrogen-bond donors (Lipinski definition) is 1. The zero-order chi connectivity index (χ0) is 27.2. The van der Waals surface area contributed by atoms with Crippen molar-refractivity contribution in [3.8, 4) is 0 Å². The van der Waals surface area contributed by atoms with E-state index in [2.05, 4.69) is 89.8 Å². The van der Waals surface area contributed by atoms with Gasteiger partial charge in [-0.1, -0.05) is 66.7 Å². The topological polar surface area (TPSA) is 45.8 Å². The molecule has 1 N–H and O–H groups in total. The molecule has 1 aliphatic carbocycles. The van der Waals surface area contributed by atoms with Crippen molar-refractivity contribution in [3.63, 3.8) is 0 Å². The van der Waals surface area contributed by atoms with Crippen molar-refractivity contribution in [1.29, 1.82) is 0 Å². The molecule has 6 rings (SSSR count). The van der Waals surface area contributed by atoms with Gasteiger partial charge in [0.15, 0.2) is 0 Å².